The highest BCUT2D eigenvalue weighted by Gasteiger charge is 2.11. The highest BCUT2D eigenvalue weighted by molar-refractivity contribution is 9.10. The first kappa shape index (κ1) is 13.6. The van der Waals surface area contributed by atoms with Gasteiger partial charge in [0, 0.05) is 15.9 Å². The molecule has 3 aromatic rings. The molecule has 0 spiro atoms. The molecule has 3 rings (SSSR count). The SMILES string of the molecule is NC(=O)c1cc(Oc2ccc(Br)cc2)nc2ccccc12. The number of carbonyl (C=O) groups excluding carboxylic acids is 1. The van der Waals surface area contributed by atoms with Gasteiger partial charge >= 0.3 is 0 Å². The van der Waals surface area contributed by atoms with Gasteiger partial charge in [-0.25, -0.2) is 4.98 Å². The maximum Gasteiger partial charge on any atom is 0.249 e. The number of nitrogens with zero attached hydrogens (tertiary/aromatic N) is 1. The molecule has 0 fully saturated rings. The molecule has 0 aliphatic heterocycles. The maximum atomic E-state index is 11.6. The van der Waals surface area contributed by atoms with Gasteiger partial charge in [-0.1, -0.05) is 34.1 Å². The molecular formula is C16H11BrN2O2. The van der Waals surface area contributed by atoms with Gasteiger partial charge in [-0.2, -0.15) is 0 Å². The van der Waals surface area contributed by atoms with Crippen LogP contribution in [0.15, 0.2) is 59.1 Å². The Balaban J connectivity index is 2.06. The number of ether oxygens (including phenoxy) is 1. The van der Waals surface area contributed by atoms with E-state index in [1.165, 1.54) is 0 Å². The summed E-state index contributed by atoms with van der Waals surface area (Å²) in [6.07, 6.45) is 0. The lowest BCUT2D eigenvalue weighted by Crippen LogP contribution is -2.12. The fourth-order valence-electron chi connectivity index (χ4n) is 2.03. The van der Waals surface area contributed by atoms with Crippen molar-refractivity contribution >= 4 is 32.7 Å². The van der Waals surface area contributed by atoms with E-state index in [4.69, 9.17) is 10.5 Å². The first-order chi connectivity index (χ1) is 10.1. The Morgan fingerprint density at radius 3 is 2.52 bits per heavy atom. The molecular weight excluding hydrogens is 332 g/mol. The molecule has 1 amide bonds. The number of halogens is 1. The number of hydrogen-bond donors (Lipinski definition) is 1. The molecule has 0 saturated heterocycles. The molecule has 5 heteroatoms. The summed E-state index contributed by atoms with van der Waals surface area (Å²) < 4.78 is 6.65. The number of rotatable bonds is 3. The number of para-hydroxylation sites is 1. The number of pyridine rings is 1. The van der Waals surface area contributed by atoms with E-state index in [9.17, 15) is 4.79 Å². The van der Waals surface area contributed by atoms with Crippen molar-refractivity contribution in [2.75, 3.05) is 0 Å². The van der Waals surface area contributed by atoms with Crippen LogP contribution >= 0.6 is 15.9 Å². The molecule has 104 valence electrons. The molecule has 4 nitrogen and oxygen atoms in total. The molecule has 2 aromatic carbocycles. The summed E-state index contributed by atoms with van der Waals surface area (Å²) in [4.78, 5) is 16.0. The second kappa shape index (κ2) is 5.54. The average Bonchev–Trinajstić information content (AvgIpc) is 2.48. The van der Waals surface area contributed by atoms with Crippen molar-refractivity contribution in [2.45, 2.75) is 0 Å². The third-order valence-electron chi connectivity index (χ3n) is 2.99. The van der Waals surface area contributed by atoms with Crippen molar-refractivity contribution in [3.05, 3.63) is 64.6 Å². The largest absolute Gasteiger partial charge is 0.439 e. The van der Waals surface area contributed by atoms with Gasteiger partial charge in [0.15, 0.2) is 0 Å². The van der Waals surface area contributed by atoms with Crippen molar-refractivity contribution in [3.8, 4) is 11.6 Å². The summed E-state index contributed by atoms with van der Waals surface area (Å²) in [6, 6.07) is 16.2. The second-order valence-corrected chi connectivity index (χ2v) is 5.36. The minimum absolute atomic E-state index is 0.338. The average molecular weight is 343 g/mol. The number of hydrogen-bond acceptors (Lipinski definition) is 3. The van der Waals surface area contributed by atoms with Gasteiger partial charge < -0.3 is 10.5 Å². The highest BCUT2D eigenvalue weighted by atomic mass is 79.9. The van der Waals surface area contributed by atoms with Gasteiger partial charge in [-0.3, -0.25) is 4.79 Å². The Kier molecular flexibility index (Phi) is 3.58. The normalized spacial score (nSPS) is 10.5. The lowest BCUT2D eigenvalue weighted by atomic mass is 10.1. The first-order valence-electron chi connectivity index (χ1n) is 6.26. The van der Waals surface area contributed by atoms with Crippen molar-refractivity contribution in [1.82, 2.24) is 4.98 Å². The standard InChI is InChI=1S/C16H11BrN2O2/c17-10-5-7-11(8-6-10)21-15-9-13(16(18)20)12-3-1-2-4-14(12)19-15/h1-9H,(H2,18,20). The van der Waals surface area contributed by atoms with Crippen LogP contribution in [0.1, 0.15) is 10.4 Å². The predicted molar refractivity (Wildman–Crippen MR) is 84.5 cm³/mol. The van der Waals surface area contributed by atoms with Crippen LogP contribution in [0.2, 0.25) is 0 Å². The van der Waals surface area contributed by atoms with Crippen LogP contribution < -0.4 is 10.5 Å². The predicted octanol–water partition coefficient (Wildman–Crippen LogP) is 3.89. The Bertz CT molecular complexity index is 816. The maximum absolute atomic E-state index is 11.6. The number of primary amides is 1. The fourth-order valence-corrected chi connectivity index (χ4v) is 2.29. The number of benzene rings is 2. The fraction of sp³-hybridized carbons (Fsp3) is 0. The van der Waals surface area contributed by atoms with E-state index in [0.717, 1.165) is 4.47 Å². The van der Waals surface area contributed by atoms with Crippen LogP contribution in [-0.4, -0.2) is 10.9 Å². The third-order valence-corrected chi connectivity index (χ3v) is 3.52. The summed E-state index contributed by atoms with van der Waals surface area (Å²) in [5, 5.41) is 0.716. The zero-order valence-electron chi connectivity index (χ0n) is 10.9. The van der Waals surface area contributed by atoms with Crippen LogP contribution in [0.4, 0.5) is 0 Å². The lowest BCUT2D eigenvalue weighted by molar-refractivity contribution is 0.100. The zero-order chi connectivity index (χ0) is 14.8. The van der Waals surface area contributed by atoms with Gasteiger partial charge in [0.1, 0.15) is 5.75 Å². The van der Waals surface area contributed by atoms with Crippen LogP contribution in [0, 0.1) is 0 Å². The Labute approximate surface area is 129 Å². The minimum Gasteiger partial charge on any atom is -0.439 e. The first-order valence-corrected chi connectivity index (χ1v) is 7.06. The summed E-state index contributed by atoms with van der Waals surface area (Å²) in [5.41, 5.74) is 6.50. The molecule has 0 aliphatic carbocycles. The monoisotopic (exact) mass is 342 g/mol. The lowest BCUT2D eigenvalue weighted by Gasteiger charge is -2.08. The van der Waals surface area contributed by atoms with Crippen LogP contribution in [-0.2, 0) is 0 Å². The molecule has 0 unspecified atom stereocenters. The molecule has 0 radical (unpaired) electrons. The van der Waals surface area contributed by atoms with E-state index in [1.54, 1.807) is 6.07 Å². The van der Waals surface area contributed by atoms with Crippen LogP contribution in [0.25, 0.3) is 10.9 Å². The molecule has 0 saturated carbocycles. The summed E-state index contributed by atoms with van der Waals surface area (Å²) in [7, 11) is 0. The number of carbonyl (C=O) groups is 1. The van der Waals surface area contributed by atoms with Gasteiger partial charge in [-0.15, -0.1) is 0 Å². The Hall–Kier alpha value is -2.40. The summed E-state index contributed by atoms with van der Waals surface area (Å²) >= 11 is 3.36. The molecule has 0 aliphatic rings. The van der Waals surface area contributed by atoms with E-state index in [2.05, 4.69) is 20.9 Å². The minimum atomic E-state index is -0.505. The zero-order valence-corrected chi connectivity index (χ0v) is 12.5. The molecule has 0 atom stereocenters. The van der Waals surface area contributed by atoms with E-state index in [0.29, 0.717) is 28.1 Å². The van der Waals surface area contributed by atoms with E-state index < -0.39 is 5.91 Å². The number of nitrogens with two attached hydrogens (primary N) is 1. The van der Waals surface area contributed by atoms with Crippen molar-refractivity contribution in [3.63, 3.8) is 0 Å². The second-order valence-electron chi connectivity index (χ2n) is 4.45. The van der Waals surface area contributed by atoms with Crippen LogP contribution in [0.5, 0.6) is 11.6 Å². The van der Waals surface area contributed by atoms with E-state index in [-0.39, 0.29) is 0 Å². The topological polar surface area (TPSA) is 65.2 Å². The number of fused-ring (bicyclic) bond motifs is 1. The van der Waals surface area contributed by atoms with Crippen molar-refractivity contribution in [1.29, 1.82) is 0 Å². The summed E-state index contributed by atoms with van der Waals surface area (Å²) in [6.45, 7) is 0. The molecule has 0 bridgehead atoms. The van der Waals surface area contributed by atoms with E-state index in [1.807, 2.05) is 48.5 Å². The smallest absolute Gasteiger partial charge is 0.249 e. The van der Waals surface area contributed by atoms with Crippen molar-refractivity contribution in [2.24, 2.45) is 5.73 Å². The molecule has 1 aromatic heterocycles. The molecule has 2 N–H and O–H groups in total. The van der Waals surface area contributed by atoms with Crippen LogP contribution in [0.3, 0.4) is 0 Å². The van der Waals surface area contributed by atoms with Gasteiger partial charge in [0.2, 0.25) is 11.8 Å². The van der Waals surface area contributed by atoms with E-state index >= 15 is 0 Å². The number of amides is 1. The van der Waals surface area contributed by atoms with Crippen molar-refractivity contribution < 1.29 is 9.53 Å². The molecule has 1 heterocycles. The van der Waals surface area contributed by atoms with Gasteiger partial charge in [0.25, 0.3) is 0 Å². The summed E-state index contributed by atoms with van der Waals surface area (Å²) in [5.74, 6) is 0.468. The molecule has 21 heavy (non-hydrogen) atoms. The Morgan fingerprint density at radius 2 is 1.81 bits per heavy atom. The third kappa shape index (κ3) is 2.87. The Morgan fingerprint density at radius 1 is 1.10 bits per heavy atom. The highest BCUT2D eigenvalue weighted by Crippen LogP contribution is 2.26. The van der Waals surface area contributed by atoms with Gasteiger partial charge in [0.05, 0.1) is 11.1 Å². The quantitative estimate of drug-likeness (QED) is 0.785. The number of aromatic nitrogens is 1. The van der Waals surface area contributed by atoms with Gasteiger partial charge in [-0.05, 0) is 30.3 Å².